The predicted molar refractivity (Wildman–Crippen MR) is 56.9 cm³/mol. The molecular formula is C11H17NO2. The molecule has 0 amide bonds. The van der Waals surface area contributed by atoms with Gasteiger partial charge in [0.05, 0.1) is 0 Å². The summed E-state index contributed by atoms with van der Waals surface area (Å²) in [4.78, 5) is 23.2. The van der Waals surface area contributed by atoms with Crippen LogP contribution in [0, 0.1) is 0 Å². The third-order valence-corrected chi connectivity index (χ3v) is 1.92. The number of carbonyl (C=O) groups is 2. The zero-order valence-electron chi connectivity index (χ0n) is 8.99. The Bertz CT molecular complexity index is 254. The average molecular weight is 195 g/mol. The lowest BCUT2D eigenvalue weighted by atomic mass is 10.1. The number of rotatable bonds is 6. The minimum atomic E-state index is -0.0547. The Hall–Kier alpha value is -1.38. The van der Waals surface area contributed by atoms with Crippen molar-refractivity contribution in [1.82, 2.24) is 4.90 Å². The minimum Gasteiger partial charge on any atom is -0.381 e. The number of Topliss-reactive ketones (excluding diaryl/α,β-unsaturated/α-hetero) is 1. The van der Waals surface area contributed by atoms with Gasteiger partial charge in [0.25, 0.3) is 0 Å². The van der Waals surface area contributed by atoms with Crippen molar-refractivity contribution < 1.29 is 9.59 Å². The van der Waals surface area contributed by atoms with Crippen molar-refractivity contribution >= 4 is 12.1 Å². The van der Waals surface area contributed by atoms with Crippen LogP contribution in [-0.4, -0.2) is 30.6 Å². The van der Waals surface area contributed by atoms with Crippen LogP contribution in [0.25, 0.3) is 0 Å². The predicted octanol–water partition coefficient (Wildman–Crippen LogP) is 1.56. The molecule has 0 aromatic carbocycles. The van der Waals surface area contributed by atoms with Crippen molar-refractivity contribution in [3.8, 4) is 0 Å². The number of ketones is 1. The average Bonchev–Trinajstić information content (AvgIpc) is 2.16. The molecule has 0 aliphatic heterocycles. The van der Waals surface area contributed by atoms with E-state index in [4.69, 9.17) is 0 Å². The third-order valence-electron chi connectivity index (χ3n) is 1.92. The summed E-state index contributed by atoms with van der Waals surface area (Å²) in [5.74, 6) is -0.0547. The Kier molecular flexibility index (Phi) is 6.37. The number of nitrogens with zero attached hydrogens (tertiary/aromatic N) is 1. The topological polar surface area (TPSA) is 37.4 Å². The maximum Gasteiger partial charge on any atom is 0.156 e. The van der Waals surface area contributed by atoms with E-state index < -0.39 is 0 Å². The molecule has 0 saturated heterocycles. The second-order valence-corrected chi connectivity index (χ2v) is 3.05. The van der Waals surface area contributed by atoms with E-state index in [1.807, 2.05) is 31.1 Å². The summed E-state index contributed by atoms with van der Waals surface area (Å²) in [6.07, 6.45) is 6.26. The number of aldehydes is 1. The molecule has 14 heavy (non-hydrogen) atoms. The summed E-state index contributed by atoms with van der Waals surface area (Å²) in [5.41, 5.74) is 0.542. The molecule has 0 aliphatic rings. The Balaban J connectivity index is 4.20. The molecule has 0 unspecified atom stereocenters. The van der Waals surface area contributed by atoms with Gasteiger partial charge in [0.15, 0.2) is 5.78 Å². The molecule has 0 fully saturated rings. The highest BCUT2D eigenvalue weighted by molar-refractivity contribution is 5.96. The number of carbonyl (C=O) groups excluding carboxylic acids is 2. The second kappa shape index (κ2) is 7.06. The van der Waals surface area contributed by atoms with Crippen molar-refractivity contribution in [3.05, 3.63) is 23.9 Å². The highest BCUT2D eigenvalue weighted by Crippen LogP contribution is 2.03. The van der Waals surface area contributed by atoms with Crippen LogP contribution >= 0.6 is 0 Å². The van der Waals surface area contributed by atoms with Crippen LogP contribution < -0.4 is 0 Å². The van der Waals surface area contributed by atoms with Crippen LogP contribution in [-0.2, 0) is 9.59 Å². The van der Waals surface area contributed by atoms with Crippen LogP contribution in [0.5, 0.6) is 0 Å². The zero-order valence-corrected chi connectivity index (χ0v) is 8.99. The molecule has 3 heteroatoms. The second-order valence-electron chi connectivity index (χ2n) is 3.05. The maximum atomic E-state index is 11.0. The van der Waals surface area contributed by atoms with Gasteiger partial charge in [-0.05, 0) is 32.5 Å². The highest BCUT2D eigenvalue weighted by Gasteiger charge is 1.99. The largest absolute Gasteiger partial charge is 0.381 e. The van der Waals surface area contributed by atoms with Gasteiger partial charge in [0.2, 0.25) is 0 Å². The number of hydrogen-bond donors (Lipinski definition) is 0. The normalized spacial score (nSPS) is 11.8. The molecule has 0 aromatic heterocycles. The smallest absolute Gasteiger partial charge is 0.156 e. The lowest BCUT2D eigenvalue weighted by molar-refractivity contribution is -0.114. The van der Waals surface area contributed by atoms with E-state index in [1.165, 1.54) is 13.0 Å². The van der Waals surface area contributed by atoms with Crippen LogP contribution in [0.15, 0.2) is 23.9 Å². The van der Waals surface area contributed by atoms with E-state index in [1.54, 1.807) is 0 Å². The Labute approximate surface area is 85.1 Å². The van der Waals surface area contributed by atoms with Gasteiger partial charge in [-0.15, -0.1) is 0 Å². The van der Waals surface area contributed by atoms with Gasteiger partial charge in [-0.2, -0.15) is 0 Å². The van der Waals surface area contributed by atoms with Gasteiger partial charge in [-0.3, -0.25) is 9.59 Å². The van der Waals surface area contributed by atoms with Crippen molar-refractivity contribution in [3.63, 3.8) is 0 Å². The molecule has 78 valence electrons. The SMILES string of the molecule is CCN(C)/C=C\C/C(=C\C=O)C(C)=O. The molecule has 0 aromatic rings. The summed E-state index contributed by atoms with van der Waals surface area (Å²) < 4.78 is 0. The maximum absolute atomic E-state index is 11.0. The summed E-state index contributed by atoms with van der Waals surface area (Å²) in [6, 6.07) is 0. The fraction of sp³-hybridized carbons (Fsp3) is 0.455. The van der Waals surface area contributed by atoms with Crippen molar-refractivity contribution in [2.24, 2.45) is 0 Å². The highest BCUT2D eigenvalue weighted by atomic mass is 16.1. The standard InChI is InChI=1S/C11H17NO2/c1-4-12(3)8-5-6-11(7-9-13)10(2)14/h5,7-9H,4,6H2,1-3H3/b8-5-,11-7+. The fourth-order valence-electron chi connectivity index (χ4n) is 0.876. The first-order chi connectivity index (χ1) is 6.61. The van der Waals surface area contributed by atoms with Gasteiger partial charge in [-0.1, -0.05) is 6.08 Å². The van der Waals surface area contributed by atoms with E-state index in [0.29, 0.717) is 18.3 Å². The Morgan fingerprint density at radius 1 is 1.43 bits per heavy atom. The number of allylic oxidation sites excluding steroid dienone is 3. The van der Waals surface area contributed by atoms with E-state index in [2.05, 4.69) is 0 Å². The van der Waals surface area contributed by atoms with Crippen molar-refractivity contribution in [2.45, 2.75) is 20.3 Å². The van der Waals surface area contributed by atoms with Crippen LogP contribution in [0.1, 0.15) is 20.3 Å². The molecule has 0 aliphatic carbocycles. The van der Waals surface area contributed by atoms with Crippen molar-refractivity contribution in [1.29, 1.82) is 0 Å². The molecule has 0 rings (SSSR count). The first-order valence-electron chi connectivity index (χ1n) is 4.64. The molecule has 0 spiro atoms. The lowest BCUT2D eigenvalue weighted by Crippen LogP contribution is -2.08. The first kappa shape index (κ1) is 12.6. The molecule has 0 bridgehead atoms. The lowest BCUT2D eigenvalue weighted by Gasteiger charge is -2.08. The minimum absolute atomic E-state index is 0.0547. The third kappa shape index (κ3) is 5.30. The molecule has 0 atom stereocenters. The Morgan fingerprint density at radius 3 is 2.50 bits per heavy atom. The molecule has 0 saturated carbocycles. The fourth-order valence-corrected chi connectivity index (χ4v) is 0.876. The molecule has 0 N–H and O–H groups in total. The monoisotopic (exact) mass is 195 g/mol. The summed E-state index contributed by atoms with van der Waals surface area (Å²) in [5, 5.41) is 0. The van der Waals surface area contributed by atoms with E-state index >= 15 is 0 Å². The van der Waals surface area contributed by atoms with Gasteiger partial charge in [-0.25, -0.2) is 0 Å². The van der Waals surface area contributed by atoms with Crippen molar-refractivity contribution in [2.75, 3.05) is 13.6 Å². The van der Waals surface area contributed by atoms with E-state index in [0.717, 1.165) is 6.54 Å². The summed E-state index contributed by atoms with van der Waals surface area (Å²) in [6.45, 7) is 4.42. The van der Waals surface area contributed by atoms with Crippen LogP contribution in [0.2, 0.25) is 0 Å². The summed E-state index contributed by atoms with van der Waals surface area (Å²) >= 11 is 0. The Morgan fingerprint density at radius 2 is 2.07 bits per heavy atom. The van der Waals surface area contributed by atoms with Gasteiger partial charge in [0.1, 0.15) is 6.29 Å². The molecular weight excluding hydrogens is 178 g/mol. The first-order valence-corrected chi connectivity index (χ1v) is 4.64. The van der Waals surface area contributed by atoms with Gasteiger partial charge in [0, 0.05) is 19.2 Å². The van der Waals surface area contributed by atoms with Gasteiger partial charge < -0.3 is 4.90 Å². The molecule has 0 heterocycles. The van der Waals surface area contributed by atoms with E-state index in [9.17, 15) is 9.59 Å². The van der Waals surface area contributed by atoms with Crippen LogP contribution in [0.4, 0.5) is 0 Å². The molecule has 0 radical (unpaired) electrons. The van der Waals surface area contributed by atoms with Crippen LogP contribution in [0.3, 0.4) is 0 Å². The van der Waals surface area contributed by atoms with Gasteiger partial charge >= 0.3 is 0 Å². The summed E-state index contributed by atoms with van der Waals surface area (Å²) in [7, 11) is 1.95. The zero-order chi connectivity index (χ0) is 11.0. The van der Waals surface area contributed by atoms with E-state index in [-0.39, 0.29) is 5.78 Å². The molecule has 3 nitrogen and oxygen atoms in total. The quantitative estimate of drug-likeness (QED) is 0.476. The number of hydrogen-bond acceptors (Lipinski definition) is 3.